The molecule has 4 rings (SSSR count). The molecule has 1 fully saturated rings. The molecule has 0 N–H and O–H groups in total. The first-order valence-corrected chi connectivity index (χ1v) is 9.34. The van der Waals surface area contributed by atoms with Crippen LogP contribution in [0.2, 0.25) is 0 Å². The van der Waals surface area contributed by atoms with Crippen LogP contribution in [-0.4, -0.2) is 25.5 Å². The van der Waals surface area contributed by atoms with Crippen LogP contribution in [-0.2, 0) is 0 Å². The summed E-state index contributed by atoms with van der Waals surface area (Å²) in [4.78, 5) is 2.34. The van der Waals surface area contributed by atoms with Gasteiger partial charge in [0.1, 0.15) is 0 Å². The number of hydrogen-bond acceptors (Lipinski definition) is 2. The van der Waals surface area contributed by atoms with Crippen LogP contribution in [0.1, 0.15) is 36.8 Å². The van der Waals surface area contributed by atoms with Crippen LogP contribution in [0.5, 0.6) is 0 Å². The lowest BCUT2D eigenvalue weighted by Crippen LogP contribution is -2.21. The molecule has 0 saturated heterocycles. The van der Waals surface area contributed by atoms with Crippen molar-refractivity contribution in [2.24, 2.45) is 11.8 Å². The van der Waals surface area contributed by atoms with Crippen molar-refractivity contribution in [1.29, 1.82) is 0 Å². The van der Waals surface area contributed by atoms with Gasteiger partial charge in [0.05, 0.1) is 0 Å². The van der Waals surface area contributed by atoms with E-state index in [-0.39, 0.29) is 0 Å². The first kappa shape index (κ1) is 14.5. The van der Waals surface area contributed by atoms with E-state index in [1.807, 2.05) is 11.3 Å². The number of rotatable bonds is 3. The third-order valence-corrected chi connectivity index (χ3v) is 6.53. The Morgan fingerprint density at radius 3 is 2.91 bits per heavy atom. The molecule has 2 aliphatic rings. The van der Waals surface area contributed by atoms with Crippen molar-refractivity contribution < 1.29 is 0 Å². The molecule has 2 bridgehead atoms. The van der Waals surface area contributed by atoms with E-state index in [0.717, 1.165) is 18.4 Å². The summed E-state index contributed by atoms with van der Waals surface area (Å²) in [6.45, 7) is 3.37. The van der Waals surface area contributed by atoms with E-state index >= 15 is 0 Å². The number of allylic oxidation sites excluding steroid dienone is 1. The standard InChI is InChI=1S/C20H25NS/c1-13-12-22-19-7-6-16(10-18(13)19)20-15-5-4-14(8-15)9-17(20)11-21(2)3/h6-7,10,12,14-15H,4-5,8-9,11H2,1-3H3/t14-,15+/m1/s1. The van der Waals surface area contributed by atoms with E-state index in [1.54, 1.807) is 11.1 Å². The van der Waals surface area contributed by atoms with Crippen LogP contribution in [0.3, 0.4) is 0 Å². The summed E-state index contributed by atoms with van der Waals surface area (Å²) in [6, 6.07) is 7.18. The predicted octanol–water partition coefficient (Wildman–Crippen LogP) is 5.34. The molecule has 0 unspecified atom stereocenters. The van der Waals surface area contributed by atoms with Gasteiger partial charge in [-0.1, -0.05) is 11.6 Å². The Bertz CT molecular complexity index is 737. The highest BCUT2D eigenvalue weighted by molar-refractivity contribution is 7.17. The molecule has 1 saturated carbocycles. The van der Waals surface area contributed by atoms with Gasteiger partial charge in [-0.05, 0) is 98.1 Å². The van der Waals surface area contributed by atoms with Gasteiger partial charge in [0.2, 0.25) is 0 Å². The molecule has 22 heavy (non-hydrogen) atoms. The van der Waals surface area contributed by atoms with Gasteiger partial charge in [-0.3, -0.25) is 0 Å². The fraction of sp³-hybridized carbons (Fsp3) is 0.500. The van der Waals surface area contributed by atoms with Crippen molar-refractivity contribution in [2.75, 3.05) is 20.6 Å². The molecular formula is C20H25NS. The molecule has 0 radical (unpaired) electrons. The lowest BCUT2D eigenvalue weighted by molar-refractivity contribution is 0.413. The number of hydrogen-bond donors (Lipinski definition) is 0. The Labute approximate surface area is 137 Å². The van der Waals surface area contributed by atoms with Crippen LogP contribution < -0.4 is 0 Å². The molecule has 1 nitrogen and oxygen atoms in total. The Hall–Kier alpha value is -1.12. The predicted molar refractivity (Wildman–Crippen MR) is 97.5 cm³/mol. The van der Waals surface area contributed by atoms with Gasteiger partial charge in [0, 0.05) is 11.2 Å². The van der Waals surface area contributed by atoms with Crippen LogP contribution in [0, 0.1) is 18.8 Å². The second-order valence-corrected chi connectivity index (χ2v) is 8.38. The molecule has 1 aromatic heterocycles. The highest BCUT2D eigenvalue weighted by Gasteiger charge is 2.35. The Morgan fingerprint density at radius 1 is 1.23 bits per heavy atom. The fourth-order valence-electron chi connectivity index (χ4n) is 4.56. The summed E-state index contributed by atoms with van der Waals surface area (Å²) in [5.41, 5.74) is 6.32. The Kier molecular flexibility index (Phi) is 3.62. The highest BCUT2D eigenvalue weighted by Crippen LogP contribution is 2.49. The number of aryl methyl sites for hydroxylation is 1. The second kappa shape index (κ2) is 5.50. The smallest absolute Gasteiger partial charge is 0.0345 e. The minimum atomic E-state index is 0.810. The van der Waals surface area contributed by atoms with Crippen molar-refractivity contribution >= 4 is 27.0 Å². The van der Waals surface area contributed by atoms with Crippen LogP contribution >= 0.6 is 11.3 Å². The summed E-state index contributed by atoms with van der Waals surface area (Å²) in [6.07, 6.45) is 5.58. The normalized spacial score (nSPS) is 24.7. The van der Waals surface area contributed by atoms with Crippen LogP contribution in [0.15, 0.2) is 29.2 Å². The summed E-state index contributed by atoms with van der Waals surface area (Å²) in [7, 11) is 4.40. The van der Waals surface area contributed by atoms with Gasteiger partial charge in [0.15, 0.2) is 0 Å². The Balaban J connectivity index is 1.84. The zero-order valence-electron chi connectivity index (χ0n) is 13.9. The molecule has 1 heterocycles. The molecule has 0 amide bonds. The minimum absolute atomic E-state index is 0.810. The van der Waals surface area contributed by atoms with E-state index in [2.05, 4.69) is 49.5 Å². The van der Waals surface area contributed by atoms with E-state index in [4.69, 9.17) is 0 Å². The number of fused-ring (bicyclic) bond motifs is 3. The van der Waals surface area contributed by atoms with Crippen LogP contribution in [0.25, 0.3) is 15.7 Å². The number of nitrogens with zero attached hydrogens (tertiary/aromatic N) is 1. The SMILES string of the molecule is Cc1csc2ccc(C3=C(CN(C)C)C[C@@H]4CC[C@H]3C4)cc12. The molecule has 0 aliphatic heterocycles. The third kappa shape index (κ3) is 2.43. The zero-order chi connectivity index (χ0) is 15.3. The lowest BCUT2D eigenvalue weighted by Gasteiger charge is -2.29. The number of benzene rings is 1. The second-order valence-electron chi connectivity index (χ2n) is 7.46. The summed E-state index contributed by atoms with van der Waals surface area (Å²) >= 11 is 1.87. The monoisotopic (exact) mass is 311 g/mol. The van der Waals surface area contributed by atoms with Crippen molar-refractivity contribution in [3.8, 4) is 0 Å². The Morgan fingerprint density at radius 2 is 2.09 bits per heavy atom. The molecule has 116 valence electrons. The molecule has 2 aliphatic carbocycles. The van der Waals surface area contributed by atoms with Crippen molar-refractivity contribution in [1.82, 2.24) is 4.90 Å². The molecule has 2 aromatic rings. The van der Waals surface area contributed by atoms with Gasteiger partial charge in [0.25, 0.3) is 0 Å². The van der Waals surface area contributed by atoms with E-state index in [9.17, 15) is 0 Å². The summed E-state index contributed by atoms with van der Waals surface area (Å²) < 4.78 is 1.43. The summed E-state index contributed by atoms with van der Waals surface area (Å²) in [5, 5.41) is 3.75. The number of thiophene rings is 1. The van der Waals surface area contributed by atoms with Crippen LogP contribution in [0.4, 0.5) is 0 Å². The summed E-state index contributed by atoms with van der Waals surface area (Å²) in [5.74, 6) is 1.76. The van der Waals surface area contributed by atoms with Gasteiger partial charge in [-0.2, -0.15) is 0 Å². The molecule has 2 heteroatoms. The van der Waals surface area contributed by atoms with Gasteiger partial charge >= 0.3 is 0 Å². The van der Waals surface area contributed by atoms with E-state index < -0.39 is 0 Å². The number of likely N-dealkylation sites (N-methyl/N-ethyl adjacent to an activating group) is 1. The average molecular weight is 311 g/mol. The van der Waals surface area contributed by atoms with Crippen molar-refractivity contribution in [3.63, 3.8) is 0 Å². The molecule has 0 spiro atoms. The maximum absolute atomic E-state index is 2.46. The van der Waals surface area contributed by atoms with Crippen molar-refractivity contribution in [2.45, 2.75) is 32.6 Å². The van der Waals surface area contributed by atoms with Gasteiger partial charge < -0.3 is 4.90 Å². The maximum Gasteiger partial charge on any atom is 0.0345 e. The molecular weight excluding hydrogens is 286 g/mol. The largest absolute Gasteiger partial charge is 0.305 e. The maximum atomic E-state index is 2.46. The van der Waals surface area contributed by atoms with Gasteiger partial charge in [-0.25, -0.2) is 0 Å². The molecule has 1 aromatic carbocycles. The lowest BCUT2D eigenvalue weighted by atomic mass is 9.79. The van der Waals surface area contributed by atoms with E-state index in [0.29, 0.717) is 0 Å². The minimum Gasteiger partial charge on any atom is -0.305 e. The first-order chi connectivity index (χ1) is 10.6. The average Bonchev–Trinajstić information content (AvgIpc) is 3.03. The molecule has 2 atom stereocenters. The van der Waals surface area contributed by atoms with Crippen molar-refractivity contribution in [3.05, 3.63) is 40.3 Å². The van der Waals surface area contributed by atoms with E-state index in [1.165, 1.54) is 46.9 Å². The third-order valence-electron chi connectivity index (χ3n) is 5.45. The topological polar surface area (TPSA) is 3.24 Å². The quantitative estimate of drug-likeness (QED) is 0.739. The highest BCUT2D eigenvalue weighted by atomic mass is 32.1. The first-order valence-electron chi connectivity index (χ1n) is 8.46. The fourth-order valence-corrected chi connectivity index (χ4v) is 5.49. The van der Waals surface area contributed by atoms with Gasteiger partial charge in [-0.15, -0.1) is 11.3 Å². The zero-order valence-corrected chi connectivity index (χ0v) is 14.7.